The molecule has 0 radical (unpaired) electrons. The van der Waals surface area contributed by atoms with Gasteiger partial charge in [-0.25, -0.2) is 4.68 Å². The van der Waals surface area contributed by atoms with Gasteiger partial charge in [0.05, 0.1) is 11.8 Å². The Balaban J connectivity index is 1.66. The third kappa shape index (κ3) is 3.19. The first kappa shape index (κ1) is 12.7. The second-order valence-corrected chi connectivity index (χ2v) is 6.52. The average Bonchev–Trinajstić information content (AvgIpc) is 3.10. The van der Waals surface area contributed by atoms with E-state index in [0.29, 0.717) is 28.4 Å². The van der Waals surface area contributed by atoms with Gasteiger partial charge in [-0.2, -0.15) is 0 Å². The predicted octanol–water partition coefficient (Wildman–Crippen LogP) is 2.11. The van der Waals surface area contributed by atoms with Crippen LogP contribution in [0.5, 0.6) is 0 Å². The Morgan fingerprint density at radius 2 is 2.21 bits per heavy atom. The summed E-state index contributed by atoms with van der Waals surface area (Å²) in [5, 5.41) is 12.2. The highest BCUT2D eigenvalue weighted by Gasteiger charge is 2.28. The van der Waals surface area contributed by atoms with Gasteiger partial charge in [-0.3, -0.25) is 4.21 Å². The molecule has 1 saturated carbocycles. The van der Waals surface area contributed by atoms with Gasteiger partial charge >= 0.3 is 0 Å². The second kappa shape index (κ2) is 5.38. The van der Waals surface area contributed by atoms with Crippen molar-refractivity contribution in [3.63, 3.8) is 0 Å². The lowest BCUT2D eigenvalue weighted by Gasteiger charge is -2.04. The minimum Gasteiger partial charge on any atom is -0.259 e. The first-order valence-electron chi connectivity index (χ1n) is 6.08. The monoisotopic (exact) mass is 296 g/mol. The van der Waals surface area contributed by atoms with Crippen molar-refractivity contribution in [3.8, 4) is 0 Å². The van der Waals surface area contributed by atoms with Crippen LogP contribution in [0, 0.1) is 0 Å². The summed E-state index contributed by atoms with van der Waals surface area (Å²) in [5.41, 5.74) is 0.969. The Hall–Kier alpha value is -1.27. The fraction of sp³-hybridized carbons (Fsp3) is 0.417. The van der Waals surface area contributed by atoms with Crippen LogP contribution in [0.15, 0.2) is 24.3 Å². The number of aromatic nitrogens is 4. The molecule has 1 unspecified atom stereocenters. The van der Waals surface area contributed by atoms with E-state index in [4.69, 9.17) is 11.6 Å². The lowest BCUT2D eigenvalue weighted by Crippen LogP contribution is -2.08. The molecule has 1 atom stereocenters. The zero-order valence-corrected chi connectivity index (χ0v) is 11.8. The number of rotatable bonds is 5. The van der Waals surface area contributed by atoms with Crippen molar-refractivity contribution in [1.82, 2.24) is 20.2 Å². The lowest BCUT2D eigenvalue weighted by molar-refractivity contribution is 0.591. The molecule has 0 saturated heterocycles. The third-order valence-electron chi connectivity index (χ3n) is 2.96. The van der Waals surface area contributed by atoms with E-state index >= 15 is 0 Å². The number of nitrogens with zero attached hydrogens (tertiary/aromatic N) is 4. The fourth-order valence-electron chi connectivity index (χ4n) is 1.92. The van der Waals surface area contributed by atoms with E-state index < -0.39 is 10.8 Å². The molecule has 100 valence electrons. The van der Waals surface area contributed by atoms with Crippen molar-refractivity contribution >= 4 is 22.4 Å². The summed E-state index contributed by atoms with van der Waals surface area (Å²) in [5.74, 6) is 1.57. The van der Waals surface area contributed by atoms with Gasteiger partial charge in [0.25, 0.3) is 0 Å². The van der Waals surface area contributed by atoms with Crippen LogP contribution in [0.25, 0.3) is 0 Å². The predicted molar refractivity (Wildman–Crippen MR) is 73.1 cm³/mol. The van der Waals surface area contributed by atoms with Crippen LogP contribution in [-0.2, 0) is 22.3 Å². The van der Waals surface area contributed by atoms with Gasteiger partial charge in [0.2, 0.25) is 0 Å². The maximum atomic E-state index is 12.1. The highest BCUT2D eigenvalue weighted by atomic mass is 35.5. The summed E-state index contributed by atoms with van der Waals surface area (Å²) >= 11 is 5.91. The molecule has 1 heterocycles. The van der Waals surface area contributed by atoms with Crippen LogP contribution in [-0.4, -0.2) is 24.4 Å². The molecular formula is C12H13ClN4OS. The topological polar surface area (TPSA) is 60.7 Å². The summed E-state index contributed by atoms with van der Waals surface area (Å²) in [6.07, 6.45) is 2.22. The Kier molecular flexibility index (Phi) is 3.61. The first-order chi connectivity index (χ1) is 9.22. The molecule has 1 aliphatic rings. The zero-order valence-electron chi connectivity index (χ0n) is 10.2. The van der Waals surface area contributed by atoms with Crippen LogP contribution in [0.4, 0.5) is 0 Å². The van der Waals surface area contributed by atoms with E-state index in [1.54, 1.807) is 4.68 Å². The molecule has 1 aliphatic carbocycles. The molecule has 0 spiro atoms. The van der Waals surface area contributed by atoms with E-state index in [0.717, 1.165) is 18.4 Å². The number of halogens is 1. The molecular weight excluding hydrogens is 284 g/mol. The Labute approximate surface area is 118 Å². The van der Waals surface area contributed by atoms with Gasteiger partial charge in [0, 0.05) is 21.6 Å². The van der Waals surface area contributed by atoms with E-state index in [1.807, 2.05) is 24.3 Å². The maximum absolute atomic E-state index is 12.1. The van der Waals surface area contributed by atoms with E-state index in [-0.39, 0.29) is 0 Å². The Bertz CT molecular complexity index is 611. The van der Waals surface area contributed by atoms with E-state index in [9.17, 15) is 4.21 Å². The van der Waals surface area contributed by atoms with Crippen molar-refractivity contribution in [3.05, 3.63) is 40.7 Å². The zero-order chi connectivity index (χ0) is 13.2. The van der Waals surface area contributed by atoms with Crippen molar-refractivity contribution in [2.45, 2.75) is 30.4 Å². The summed E-state index contributed by atoms with van der Waals surface area (Å²) in [6.45, 7) is 0. The van der Waals surface area contributed by atoms with Crippen LogP contribution >= 0.6 is 11.6 Å². The minimum atomic E-state index is -1.03. The fourth-order valence-corrected chi connectivity index (χ4v) is 3.26. The third-order valence-corrected chi connectivity index (χ3v) is 4.43. The van der Waals surface area contributed by atoms with Crippen LogP contribution < -0.4 is 0 Å². The molecule has 0 bridgehead atoms. The van der Waals surface area contributed by atoms with Crippen molar-refractivity contribution in [2.75, 3.05) is 0 Å². The van der Waals surface area contributed by atoms with Gasteiger partial charge < -0.3 is 0 Å². The van der Waals surface area contributed by atoms with Crippen LogP contribution in [0.1, 0.15) is 30.3 Å². The lowest BCUT2D eigenvalue weighted by atomic mass is 10.2. The van der Waals surface area contributed by atoms with Gasteiger partial charge in [0.1, 0.15) is 0 Å². The summed E-state index contributed by atoms with van der Waals surface area (Å²) < 4.78 is 13.9. The molecule has 3 rings (SSSR count). The maximum Gasteiger partial charge on any atom is 0.164 e. The highest BCUT2D eigenvalue weighted by Crippen LogP contribution is 2.34. The van der Waals surface area contributed by atoms with Gasteiger partial charge in [0.15, 0.2) is 5.82 Å². The molecule has 19 heavy (non-hydrogen) atoms. The molecule has 7 heteroatoms. The Morgan fingerprint density at radius 3 is 2.95 bits per heavy atom. The molecule has 0 amide bonds. The smallest absolute Gasteiger partial charge is 0.164 e. The molecule has 1 aromatic heterocycles. The molecule has 2 aromatic rings. The van der Waals surface area contributed by atoms with Gasteiger partial charge in [-0.15, -0.1) is 5.10 Å². The van der Waals surface area contributed by atoms with Crippen molar-refractivity contribution < 1.29 is 4.21 Å². The van der Waals surface area contributed by atoms with Crippen molar-refractivity contribution in [2.24, 2.45) is 0 Å². The van der Waals surface area contributed by atoms with Gasteiger partial charge in [-0.1, -0.05) is 23.7 Å². The van der Waals surface area contributed by atoms with Gasteiger partial charge in [-0.05, 0) is 41.0 Å². The summed E-state index contributed by atoms with van der Waals surface area (Å²) in [4.78, 5) is 0. The molecule has 0 N–H and O–H groups in total. The normalized spacial score (nSPS) is 16.5. The van der Waals surface area contributed by atoms with E-state index in [2.05, 4.69) is 15.5 Å². The second-order valence-electron chi connectivity index (χ2n) is 4.63. The SMILES string of the molecule is O=S(Cc1cccc(Cl)c1)Cc1nnnn1C1CC1. The Morgan fingerprint density at radius 1 is 1.37 bits per heavy atom. The molecule has 0 aliphatic heterocycles. The molecule has 5 nitrogen and oxygen atoms in total. The number of hydrogen-bond donors (Lipinski definition) is 0. The molecule has 1 fully saturated rings. The number of tetrazole rings is 1. The molecule has 1 aromatic carbocycles. The minimum absolute atomic E-state index is 0.385. The standard InChI is InChI=1S/C12H13ClN4OS/c13-10-3-1-2-9(6-10)7-19(18)8-12-14-15-16-17(12)11-4-5-11/h1-3,6,11H,4-5,7-8H2. The van der Waals surface area contributed by atoms with Crippen LogP contribution in [0.2, 0.25) is 5.02 Å². The number of benzene rings is 1. The highest BCUT2D eigenvalue weighted by molar-refractivity contribution is 7.83. The summed E-state index contributed by atoms with van der Waals surface area (Å²) in [6, 6.07) is 7.84. The number of hydrogen-bond acceptors (Lipinski definition) is 4. The van der Waals surface area contributed by atoms with E-state index in [1.165, 1.54) is 0 Å². The summed E-state index contributed by atoms with van der Waals surface area (Å²) in [7, 11) is -1.03. The van der Waals surface area contributed by atoms with Crippen molar-refractivity contribution in [1.29, 1.82) is 0 Å². The quantitative estimate of drug-likeness (QED) is 0.848. The largest absolute Gasteiger partial charge is 0.259 e. The van der Waals surface area contributed by atoms with Crippen LogP contribution in [0.3, 0.4) is 0 Å². The average molecular weight is 297 g/mol. The first-order valence-corrected chi connectivity index (χ1v) is 7.95.